The molecule has 2 aromatic heterocycles. The molecule has 6 rings (SSSR count). The van der Waals surface area contributed by atoms with Gasteiger partial charge in [-0.25, -0.2) is 8.78 Å². The molecule has 0 saturated carbocycles. The van der Waals surface area contributed by atoms with Crippen LogP contribution in [0.2, 0.25) is 5.02 Å². The summed E-state index contributed by atoms with van der Waals surface area (Å²) >= 11 is 6.79. The monoisotopic (exact) mass is 696 g/mol. The molecule has 3 aliphatic rings. The fourth-order valence-corrected chi connectivity index (χ4v) is 7.65. The number of aryl methyl sites for hydroxylation is 1. The van der Waals surface area contributed by atoms with E-state index in [4.69, 9.17) is 16.3 Å². The van der Waals surface area contributed by atoms with Crippen LogP contribution in [0, 0.1) is 19.8 Å². The fraction of sp³-hybridized carbons (Fsp3) is 0.500. The van der Waals surface area contributed by atoms with E-state index in [-0.39, 0.29) is 36.4 Å². The standard InChI is InChI=1S/C36H43ClF2N6O4/c1-22-23(2)35(48)42(3)19-28(22)25-16-30(37)29(31(17-25)49-4)20-43-10-9-32(36(38,39)21-43)45-13-11-44(12-14-45)27-7-6-26(40-18-27)15-24-5-8-33(46)41-34(24)47/h6-7,16-19,24,32H,5,8-15,20-21H2,1-4H3,(H,41,46,47). The number of benzene rings is 1. The van der Waals surface area contributed by atoms with Crippen molar-refractivity contribution in [3.05, 3.63) is 74.4 Å². The lowest BCUT2D eigenvalue weighted by atomic mass is 9.93. The first-order chi connectivity index (χ1) is 23.3. The third-order valence-electron chi connectivity index (χ3n) is 10.4. The topological polar surface area (TPSA) is 100 Å². The van der Waals surface area contributed by atoms with E-state index in [0.717, 1.165) is 28.1 Å². The minimum atomic E-state index is -2.91. The lowest BCUT2D eigenvalue weighted by Crippen LogP contribution is -2.61. The van der Waals surface area contributed by atoms with Crippen LogP contribution in [0.4, 0.5) is 14.5 Å². The molecule has 0 radical (unpaired) electrons. The van der Waals surface area contributed by atoms with Crippen LogP contribution < -0.4 is 20.5 Å². The molecule has 3 aliphatic heterocycles. The summed E-state index contributed by atoms with van der Waals surface area (Å²) in [6.07, 6.45) is 5.22. The van der Waals surface area contributed by atoms with E-state index in [1.165, 1.54) is 0 Å². The number of ether oxygens (including phenoxy) is 1. The number of pyridine rings is 2. The molecular formula is C36H43ClF2N6O4. The molecule has 1 N–H and O–H groups in total. The molecule has 3 saturated heterocycles. The number of methoxy groups -OCH3 is 1. The van der Waals surface area contributed by atoms with Crippen molar-refractivity contribution in [3.63, 3.8) is 0 Å². The molecule has 10 nitrogen and oxygen atoms in total. The Morgan fingerprint density at radius 2 is 1.80 bits per heavy atom. The molecule has 49 heavy (non-hydrogen) atoms. The maximum Gasteiger partial charge on any atom is 0.275 e. The zero-order valence-electron chi connectivity index (χ0n) is 28.4. The highest BCUT2D eigenvalue weighted by Gasteiger charge is 2.48. The number of nitrogens with one attached hydrogen (secondary N) is 1. The number of piperidine rings is 2. The van der Waals surface area contributed by atoms with Gasteiger partial charge in [0.25, 0.3) is 11.5 Å². The number of nitrogens with zero attached hydrogens (tertiary/aromatic N) is 5. The van der Waals surface area contributed by atoms with E-state index in [2.05, 4.69) is 15.2 Å². The lowest BCUT2D eigenvalue weighted by molar-refractivity contribution is -0.136. The first-order valence-corrected chi connectivity index (χ1v) is 17.1. The average molecular weight is 697 g/mol. The molecular weight excluding hydrogens is 654 g/mol. The Kier molecular flexibility index (Phi) is 10.1. The highest BCUT2D eigenvalue weighted by Crippen LogP contribution is 2.38. The number of rotatable bonds is 8. The number of alkyl halides is 2. The van der Waals surface area contributed by atoms with Crippen LogP contribution in [0.1, 0.15) is 41.6 Å². The number of hydrogen-bond acceptors (Lipinski definition) is 8. The summed E-state index contributed by atoms with van der Waals surface area (Å²) in [5.74, 6) is -3.14. The number of anilines is 1. The summed E-state index contributed by atoms with van der Waals surface area (Å²) in [5, 5.41) is 2.82. The number of halogens is 3. The SMILES string of the molecule is COc1cc(-c2cn(C)c(=O)c(C)c2C)cc(Cl)c1CN1CCC(N2CCN(c3ccc(CC4CCC(=O)NC4=O)nc3)CC2)C(F)(F)C1. The van der Waals surface area contributed by atoms with Crippen molar-refractivity contribution < 1.29 is 23.1 Å². The highest BCUT2D eigenvalue weighted by atomic mass is 35.5. The molecule has 13 heteroatoms. The van der Waals surface area contributed by atoms with Crippen molar-refractivity contribution in [2.45, 2.75) is 58.0 Å². The summed E-state index contributed by atoms with van der Waals surface area (Å²) in [5.41, 5.74) is 5.47. The number of likely N-dealkylation sites (tertiary alicyclic amines) is 1. The molecule has 2 atom stereocenters. The van der Waals surface area contributed by atoms with Crippen LogP contribution in [0.15, 0.2) is 41.5 Å². The van der Waals surface area contributed by atoms with Gasteiger partial charge in [0.1, 0.15) is 5.75 Å². The van der Waals surface area contributed by atoms with E-state index in [9.17, 15) is 14.4 Å². The van der Waals surface area contributed by atoms with Crippen LogP contribution in [0.3, 0.4) is 0 Å². The number of amides is 2. The van der Waals surface area contributed by atoms with E-state index in [1.807, 2.05) is 36.1 Å². The number of carbonyl (C=O) groups is 2. The van der Waals surface area contributed by atoms with E-state index >= 15 is 8.78 Å². The zero-order chi connectivity index (χ0) is 35.0. The Morgan fingerprint density at radius 1 is 1.04 bits per heavy atom. The third-order valence-corrected chi connectivity index (χ3v) is 10.7. The first kappa shape index (κ1) is 35.0. The molecule has 0 aliphatic carbocycles. The van der Waals surface area contributed by atoms with Crippen molar-refractivity contribution in [3.8, 4) is 16.9 Å². The highest BCUT2D eigenvalue weighted by molar-refractivity contribution is 6.32. The van der Waals surface area contributed by atoms with Crippen LogP contribution >= 0.6 is 11.6 Å². The minimum Gasteiger partial charge on any atom is -0.496 e. The second kappa shape index (κ2) is 14.2. The Hall–Kier alpha value is -3.87. The molecule has 3 fully saturated rings. The third kappa shape index (κ3) is 7.36. The Morgan fingerprint density at radius 3 is 2.45 bits per heavy atom. The Labute approximate surface area is 290 Å². The van der Waals surface area contributed by atoms with Crippen molar-refractivity contribution in [1.82, 2.24) is 24.7 Å². The van der Waals surface area contributed by atoms with Gasteiger partial charge in [0.15, 0.2) is 0 Å². The van der Waals surface area contributed by atoms with Gasteiger partial charge in [-0.1, -0.05) is 11.6 Å². The van der Waals surface area contributed by atoms with Gasteiger partial charge in [-0.15, -0.1) is 0 Å². The molecule has 2 unspecified atom stereocenters. The van der Waals surface area contributed by atoms with Crippen LogP contribution in [0.25, 0.3) is 11.1 Å². The molecule has 262 valence electrons. The largest absolute Gasteiger partial charge is 0.496 e. The van der Waals surface area contributed by atoms with E-state index in [0.29, 0.717) is 80.3 Å². The van der Waals surface area contributed by atoms with Gasteiger partial charge in [-0.2, -0.15) is 0 Å². The van der Waals surface area contributed by atoms with Gasteiger partial charge >= 0.3 is 0 Å². The minimum absolute atomic E-state index is 0.0606. The summed E-state index contributed by atoms with van der Waals surface area (Å²) in [4.78, 5) is 46.3. The Bertz CT molecular complexity index is 1790. The first-order valence-electron chi connectivity index (χ1n) is 16.8. The number of imide groups is 1. The van der Waals surface area contributed by atoms with Crippen molar-refractivity contribution in [1.29, 1.82) is 0 Å². The van der Waals surface area contributed by atoms with Crippen LogP contribution in [0.5, 0.6) is 5.75 Å². The van der Waals surface area contributed by atoms with Gasteiger partial charge in [0.05, 0.1) is 31.6 Å². The number of hydrogen-bond donors (Lipinski definition) is 1. The number of piperazine rings is 1. The molecule has 1 aromatic carbocycles. The van der Waals surface area contributed by atoms with Gasteiger partial charge in [-0.05, 0) is 62.1 Å². The smallest absolute Gasteiger partial charge is 0.275 e. The average Bonchev–Trinajstić information content (AvgIpc) is 3.07. The maximum atomic E-state index is 15.8. The number of carbonyl (C=O) groups excluding carboxylic acids is 2. The maximum absolute atomic E-state index is 15.8. The normalized spacial score (nSPS) is 21.9. The Balaban J connectivity index is 1.06. The van der Waals surface area contributed by atoms with Gasteiger partial charge < -0.3 is 14.2 Å². The molecule has 0 spiro atoms. The van der Waals surface area contributed by atoms with E-state index < -0.39 is 12.0 Å². The van der Waals surface area contributed by atoms with Gasteiger partial charge in [0, 0.05) is 98.7 Å². The second-order valence-corrected chi connectivity index (χ2v) is 13.9. The number of aromatic nitrogens is 2. The summed E-state index contributed by atoms with van der Waals surface area (Å²) in [7, 11) is 3.25. The van der Waals surface area contributed by atoms with Gasteiger partial charge in [0.2, 0.25) is 11.8 Å². The summed E-state index contributed by atoms with van der Waals surface area (Å²) in [6, 6.07) is 6.69. The quantitative estimate of drug-likeness (QED) is 0.347. The van der Waals surface area contributed by atoms with Crippen LogP contribution in [-0.2, 0) is 29.6 Å². The van der Waals surface area contributed by atoms with Crippen molar-refractivity contribution >= 4 is 29.1 Å². The summed E-state index contributed by atoms with van der Waals surface area (Å²) in [6.45, 7) is 6.30. The molecule has 5 heterocycles. The molecule has 0 bridgehead atoms. The van der Waals surface area contributed by atoms with Crippen LogP contribution in [-0.4, -0.2) is 89.5 Å². The predicted molar refractivity (Wildman–Crippen MR) is 184 cm³/mol. The predicted octanol–water partition coefficient (Wildman–Crippen LogP) is 4.35. The zero-order valence-corrected chi connectivity index (χ0v) is 29.2. The van der Waals surface area contributed by atoms with E-state index in [1.54, 1.807) is 42.9 Å². The van der Waals surface area contributed by atoms with Crippen molar-refractivity contribution in [2.24, 2.45) is 13.0 Å². The van der Waals surface area contributed by atoms with Crippen molar-refractivity contribution in [2.75, 3.05) is 51.3 Å². The fourth-order valence-electron chi connectivity index (χ4n) is 7.38. The summed E-state index contributed by atoms with van der Waals surface area (Å²) < 4.78 is 38.8. The second-order valence-electron chi connectivity index (χ2n) is 13.5. The van der Waals surface area contributed by atoms with Gasteiger partial charge in [-0.3, -0.25) is 34.5 Å². The molecule has 2 amide bonds. The lowest BCUT2D eigenvalue weighted by Gasteiger charge is -2.46. The molecule has 3 aromatic rings.